The van der Waals surface area contributed by atoms with Gasteiger partial charge >= 0.3 is 11.7 Å². The second-order valence-corrected chi connectivity index (χ2v) is 4.83. The predicted octanol–water partition coefficient (Wildman–Crippen LogP) is 2.06. The number of nitrogens with one attached hydrogen (secondary N) is 2. The van der Waals surface area contributed by atoms with E-state index in [1.165, 1.54) is 6.92 Å². The van der Waals surface area contributed by atoms with Crippen LogP contribution in [0.25, 0.3) is 0 Å². The van der Waals surface area contributed by atoms with Crippen molar-refractivity contribution in [1.29, 1.82) is 0 Å². The number of nitro benzene ring substituents is 1. The standard InChI is InChI=1S/C15H16F3N3O5/c1-4-19-20-6-8(15(23)26-5-2)14(22)9-10(16)7(3)11(17)12(18)13(9)21(24)25/h6,19-20H,4-5H2,1-3H3. The average Bonchev–Trinajstić information content (AvgIpc) is 2.59. The van der Waals surface area contributed by atoms with Crippen molar-refractivity contribution in [2.45, 2.75) is 20.8 Å². The SMILES string of the molecule is CCNNC=C(C(=O)OCC)C(=O)c1c(F)c(C)c(F)c(F)c1[N+](=O)[O-]. The molecule has 0 aliphatic rings. The third kappa shape index (κ3) is 4.17. The quantitative estimate of drug-likeness (QED) is 0.0823. The summed E-state index contributed by atoms with van der Waals surface area (Å²) >= 11 is 0. The van der Waals surface area contributed by atoms with Gasteiger partial charge in [-0.1, -0.05) is 6.92 Å². The molecule has 0 atom stereocenters. The van der Waals surface area contributed by atoms with E-state index >= 15 is 0 Å². The van der Waals surface area contributed by atoms with Crippen molar-refractivity contribution in [3.05, 3.63) is 50.5 Å². The maximum Gasteiger partial charge on any atom is 0.343 e. The van der Waals surface area contributed by atoms with Gasteiger partial charge in [0, 0.05) is 18.3 Å². The number of ketones is 1. The normalized spacial score (nSPS) is 11.2. The summed E-state index contributed by atoms with van der Waals surface area (Å²) in [5, 5.41) is 11.1. The summed E-state index contributed by atoms with van der Waals surface area (Å²) in [6.45, 7) is 4.13. The molecule has 1 aromatic rings. The van der Waals surface area contributed by atoms with Crippen molar-refractivity contribution in [2.24, 2.45) is 0 Å². The molecule has 0 amide bonds. The first kappa shape index (κ1) is 21.1. The zero-order valence-corrected chi connectivity index (χ0v) is 14.1. The number of esters is 1. The Balaban J connectivity index is 3.64. The van der Waals surface area contributed by atoms with Crippen LogP contribution in [0.5, 0.6) is 0 Å². The fraction of sp³-hybridized carbons (Fsp3) is 0.333. The summed E-state index contributed by atoms with van der Waals surface area (Å²) in [6, 6.07) is 0. The zero-order valence-electron chi connectivity index (χ0n) is 14.1. The molecule has 1 aromatic carbocycles. The largest absolute Gasteiger partial charge is 0.462 e. The number of rotatable bonds is 8. The highest BCUT2D eigenvalue weighted by atomic mass is 19.2. The topological polar surface area (TPSA) is 111 Å². The molecule has 0 fully saturated rings. The Morgan fingerprint density at radius 1 is 1.19 bits per heavy atom. The highest BCUT2D eigenvalue weighted by Gasteiger charge is 2.37. The summed E-state index contributed by atoms with van der Waals surface area (Å²) in [7, 11) is 0. The van der Waals surface area contributed by atoms with Gasteiger partial charge in [-0.15, -0.1) is 0 Å². The summed E-state index contributed by atoms with van der Waals surface area (Å²) in [5.74, 6) is -8.18. The lowest BCUT2D eigenvalue weighted by Gasteiger charge is -2.11. The van der Waals surface area contributed by atoms with E-state index in [4.69, 9.17) is 0 Å². The predicted molar refractivity (Wildman–Crippen MR) is 83.6 cm³/mol. The number of hydrogen-bond donors (Lipinski definition) is 2. The van der Waals surface area contributed by atoms with Crippen molar-refractivity contribution in [3.8, 4) is 0 Å². The van der Waals surface area contributed by atoms with Gasteiger partial charge in [0.2, 0.25) is 11.6 Å². The number of benzene rings is 1. The lowest BCUT2D eigenvalue weighted by Crippen LogP contribution is -2.29. The van der Waals surface area contributed by atoms with Gasteiger partial charge in [0.05, 0.1) is 11.5 Å². The van der Waals surface area contributed by atoms with E-state index in [-0.39, 0.29) is 6.61 Å². The summed E-state index contributed by atoms with van der Waals surface area (Å²) in [4.78, 5) is 34.1. The van der Waals surface area contributed by atoms with Crippen LogP contribution in [-0.2, 0) is 9.53 Å². The molecule has 0 aromatic heterocycles. The molecule has 1 rings (SSSR count). The molecular weight excluding hydrogens is 359 g/mol. The number of ether oxygens (including phenoxy) is 1. The van der Waals surface area contributed by atoms with E-state index in [1.54, 1.807) is 6.92 Å². The van der Waals surface area contributed by atoms with E-state index < -0.39 is 56.5 Å². The Labute approximate surface area is 146 Å². The highest BCUT2D eigenvalue weighted by molar-refractivity contribution is 6.25. The number of carbonyl (C=O) groups excluding carboxylic acids is 2. The molecule has 2 N–H and O–H groups in total. The molecule has 0 saturated heterocycles. The number of nitrogens with zero attached hydrogens (tertiary/aromatic N) is 1. The molecular formula is C15H16F3N3O5. The van der Waals surface area contributed by atoms with Gasteiger partial charge in [-0.25, -0.2) is 19.0 Å². The fourth-order valence-electron chi connectivity index (χ4n) is 1.93. The zero-order chi connectivity index (χ0) is 20.0. The molecule has 0 heterocycles. The second kappa shape index (κ2) is 8.94. The van der Waals surface area contributed by atoms with Crippen LogP contribution in [0.3, 0.4) is 0 Å². The summed E-state index contributed by atoms with van der Waals surface area (Å²) in [5.41, 5.74) is 0.0225. The number of nitro groups is 1. The molecule has 0 unspecified atom stereocenters. The minimum Gasteiger partial charge on any atom is -0.462 e. The molecule has 0 aliphatic carbocycles. The van der Waals surface area contributed by atoms with E-state index in [1.807, 2.05) is 0 Å². The maximum atomic E-state index is 14.4. The number of halogens is 3. The van der Waals surface area contributed by atoms with Crippen LogP contribution in [0.4, 0.5) is 18.9 Å². The van der Waals surface area contributed by atoms with E-state index in [9.17, 15) is 32.9 Å². The van der Waals surface area contributed by atoms with Crippen LogP contribution < -0.4 is 10.9 Å². The third-order valence-electron chi connectivity index (χ3n) is 3.16. The van der Waals surface area contributed by atoms with Gasteiger partial charge in [-0.3, -0.25) is 14.9 Å². The average molecular weight is 375 g/mol. The van der Waals surface area contributed by atoms with Crippen LogP contribution in [-0.4, -0.2) is 29.8 Å². The Hall–Kier alpha value is -2.95. The van der Waals surface area contributed by atoms with Gasteiger partial charge < -0.3 is 10.2 Å². The first-order valence-electron chi connectivity index (χ1n) is 7.40. The minimum atomic E-state index is -2.00. The molecule has 142 valence electrons. The Kier molecular flexibility index (Phi) is 7.26. The van der Waals surface area contributed by atoms with Crippen molar-refractivity contribution < 1.29 is 32.4 Å². The Bertz CT molecular complexity index is 781. The smallest absolute Gasteiger partial charge is 0.343 e. The molecule has 0 spiro atoms. The van der Waals surface area contributed by atoms with Crippen LogP contribution in [0, 0.1) is 34.5 Å². The molecule has 11 heteroatoms. The van der Waals surface area contributed by atoms with Crippen LogP contribution in [0.15, 0.2) is 11.8 Å². The minimum absolute atomic E-state index is 0.147. The molecule has 26 heavy (non-hydrogen) atoms. The fourth-order valence-corrected chi connectivity index (χ4v) is 1.93. The Morgan fingerprint density at radius 3 is 2.31 bits per heavy atom. The summed E-state index contributed by atoms with van der Waals surface area (Å²) < 4.78 is 46.6. The van der Waals surface area contributed by atoms with Gasteiger partial charge in [0.15, 0.2) is 5.82 Å². The second-order valence-electron chi connectivity index (χ2n) is 4.83. The first-order valence-corrected chi connectivity index (χ1v) is 7.40. The molecule has 0 aliphatic heterocycles. The number of hydrazine groups is 1. The highest BCUT2D eigenvalue weighted by Crippen LogP contribution is 2.32. The maximum absolute atomic E-state index is 14.4. The van der Waals surface area contributed by atoms with Crippen LogP contribution in [0.2, 0.25) is 0 Å². The molecule has 0 radical (unpaired) electrons. The van der Waals surface area contributed by atoms with E-state index in [2.05, 4.69) is 15.6 Å². The Morgan fingerprint density at radius 2 is 1.81 bits per heavy atom. The van der Waals surface area contributed by atoms with Gasteiger partial charge in [0.25, 0.3) is 0 Å². The van der Waals surface area contributed by atoms with E-state index in [0.717, 1.165) is 13.1 Å². The molecule has 0 bridgehead atoms. The van der Waals surface area contributed by atoms with Gasteiger partial charge in [-0.2, -0.15) is 4.39 Å². The van der Waals surface area contributed by atoms with Crippen molar-refractivity contribution in [1.82, 2.24) is 10.9 Å². The summed E-state index contributed by atoms with van der Waals surface area (Å²) in [6.07, 6.45) is 0.795. The van der Waals surface area contributed by atoms with Crippen molar-refractivity contribution in [2.75, 3.05) is 13.2 Å². The van der Waals surface area contributed by atoms with Crippen molar-refractivity contribution >= 4 is 17.4 Å². The van der Waals surface area contributed by atoms with Gasteiger partial charge in [0.1, 0.15) is 17.0 Å². The van der Waals surface area contributed by atoms with Crippen LogP contribution in [0.1, 0.15) is 29.8 Å². The van der Waals surface area contributed by atoms with Crippen LogP contribution >= 0.6 is 0 Å². The monoisotopic (exact) mass is 375 g/mol. The first-order chi connectivity index (χ1) is 12.2. The lowest BCUT2D eigenvalue weighted by molar-refractivity contribution is -0.388. The molecule has 0 saturated carbocycles. The van der Waals surface area contributed by atoms with E-state index in [0.29, 0.717) is 6.54 Å². The molecule has 8 nitrogen and oxygen atoms in total. The number of carbonyl (C=O) groups is 2. The number of Topliss-reactive ketones (excluding diaryl/α,β-unsaturated/α-hetero) is 1. The lowest BCUT2D eigenvalue weighted by atomic mass is 9.98. The third-order valence-corrected chi connectivity index (χ3v) is 3.16. The number of hydrogen-bond acceptors (Lipinski definition) is 7. The van der Waals surface area contributed by atoms with Gasteiger partial charge in [-0.05, 0) is 13.8 Å². The van der Waals surface area contributed by atoms with Crippen molar-refractivity contribution in [3.63, 3.8) is 0 Å².